The van der Waals surface area contributed by atoms with Crippen LogP contribution >= 0.6 is 0 Å². The molecule has 1 fully saturated rings. The van der Waals surface area contributed by atoms with Gasteiger partial charge in [-0.1, -0.05) is 31.4 Å². The number of aromatic nitrogens is 2. The number of aliphatic hydroxyl groups is 1. The van der Waals surface area contributed by atoms with Crippen molar-refractivity contribution < 1.29 is 9.90 Å². The summed E-state index contributed by atoms with van der Waals surface area (Å²) in [5.74, 6) is 1.43. The number of hydrogen-bond donors (Lipinski definition) is 2. The van der Waals surface area contributed by atoms with Gasteiger partial charge >= 0.3 is 6.03 Å². The highest BCUT2D eigenvalue weighted by Gasteiger charge is 2.17. The Kier molecular flexibility index (Phi) is 6.28. The quantitative estimate of drug-likeness (QED) is 0.832. The number of nitrogens with zero attached hydrogens (tertiary/aromatic N) is 3. The minimum atomic E-state index is -0.229. The molecule has 140 valence electrons. The van der Waals surface area contributed by atoms with Crippen LogP contribution in [0.4, 0.5) is 10.5 Å². The predicted molar refractivity (Wildman–Crippen MR) is 102 cm³/mol. The fourth-order valence-corrected chi connectivity index (χ4v) is 3.57. The van der Waals surface area contributed by atoms with E-state index in [1.165, 1.54) is 37.7 Å². The number of rotatable bonds is 6. The Hall–Kier alpha value is -2.34. The summed E-state index contributed by atoms with van der Waals surface area (Å²) in [6.45, 7) is 0.535. The van der Waals surface area contributed by atoms with E-state index in [-0.39, 0.29) is 19.2 Å². The van der Waals surface area contributed by atoms with Gasteiger partial charge in [-0.25, -0.2) is 9.78 Å². The molecule has 0 aliphatic heterocycles. The first-order chi connectivity index (χ1) is 12.7. The molecule has 0 saturated heterocycles. The van der Waals surface area contributed by atoms with Crippen LogP contribution < -0.4 is 5.32 Å². The summed E-state index contributed by atoms with van der Waals surface area (Å²) in [5, 5.41) is 12.2. The first-order valence-corrected chi connectivity index (χ1v) is 9.40. The molecule has 0 atom stereocenters. The molecule has 1 aromatic carbocycles. The molecule has 2 amide bonds. The van der Waals surface area contributed by atoms with Crippen LogP contribution in [0.25, 0.3) is 0 Å². The third-order valence-electron chi connectivity index (χ3n) is 5.15. The minimum Gasteiger partial charge on any atom is -0.395 e. The van der Waals surface area contributed by atoms with Crippen LogP contribution in [0, 0.1) is 0 Å². The Morgan fingerprint density at radius 2 is 2.00 bits per heavy atom. The predicted octanol–water partition coefficient (Wildman–Crippen LogP) is 3.49. The summed E-state index contributed by atoms with van der Waals surface area (Å²) in [6, 6.07) is 7.97. The van der Waals surface area contributed by atoms with Gasteiger partial charge in [0.15, 0.2) is 0 Å². The van der Waals surface area contributed by atoms with Crippen molar-refractivity contribution in [2.75, 3.05) is 18.5 Å². The molecule has 3 rings (SSSR count). The van der Waals surface area contributed by atoms with Crippen LogP contribution in [0.3, 0.4) is 0 Å². The highest BCUT2D eigenvalue weighted by molar-refractivity contribution is 5.89. The number of aliphatic hydroxyl groups excluding tert-OH is 1. The maximum atomic E-state index is 12.6. The van der Waals surface area contributed by atoms with Gasteiger partial charge in [0, 0.05) is 31.7 Å². The molecule has 0 unspecified atom stereocenters. The average molecular weight is 356 g/mol. The average Bonchev–Trinajstić information content (AvgIpc) is 3.07. The molecular weight excluding hydrogens is 328 g/mol. The van der Waals surface area contributed by atoms with Crippen molar-refractivity contribution in [2.45, 2.75) is 44.6 Å². The van der Waals surface area contributed by atoms with E-state index >= 15 is 0 Å². The van der Waals surface area contributed by atoms with Crippen LogP contribution in [-0.4, -0.2) is 38.7 Å². The fraction of sp³-hybridized carbons (Fsp3) is 0.500. The fourth-order valence-electron chi connectivity index (χ4n) is 3.57. The normalized spacial score (nSPS) is 15.0. The van der Waals surface area contributed by atoms with E-state index < -0.39 is 0 Å². The Labute approximate surface area is 154 Å². The SMILES string of the molecule is Cn1ccnc1CN(CCO)C(=O)Nc1ccc(C2CCCCC2)cc1. The number of aryl methyl sites for hydroxylation is 1. The van der Waals surface area contributed by atoms with E-state index in [2.05, 4.69) is 22.4 Å². The molecule has 2 aromatic rings. The molecule has 6 heteroatoms. The van der Waals surface area contributed by atoms with Gasteiger partial charge in [-0.15, -0.1) is 0 Å². The highest BCUT2D eigenvalue weighted by atomic mass is 16.3. The Bertz CT molecular complexity index is 705. The highest BCUT2D eigenvalue weighted by Crippen LogP contribution is 2.32. The van der Waals surface area contributed by atoms with Crippen molar-refractivity contribution in [3.8, 4) is 0 Å². The first-order valence-electron chi connectivity index (χ1n) is 9.40. The number of benzene rings is 1. The molecule has 0 bridgehead atoms. The van der Waals surface area contributed by atoms with Gasteiger partial charge in [-0.05, 0) is 36.5 Å². The van der Waals surface area contributed by atoms with Crippen molar-refractivity contribution in [1.82, 2.24) is 14.5 Å². The number of anilines is 1. The minimum absolute atomic E-state index is 0.0849. The summed E-state index contributed by atoms with van der Waals surface area (Å²) in [4.78, 5) is 18.4. The molecular formula is C20H28N4O2. The summed E-state index contributed by atoms with van der Waals surface area (Å²) >= 11 is 0. The van der Waals surface area contributed by atoms with Crippen molar-refractivity contribution in [3.63, 3.8) is 0 Å². The summed E-state index contributed by atoms with van der Waals surface area (Å²) in [7, 11) is 1.89. The lowest BCUT2D eigenvalue weighted by Gasteiger charge is -2.23. The number of nitrogens with one attached hydrogen (secondary N) is 1. The summed E-state index contributed by atoms with van der Waals surface area (Å²) in [5.41, 5.74) is 2.14. The molecule has 1 heterocycles. The number of urea groups is 1. The van der Waals surface area contributed by atoms with E-state index in [0.29, 0.717) is 12.5 Å². The van der Waals surface area contributed by atoms with Crippen molar-refractivity contribution in [3.05, 3.63) is 48.0 Å². The van der Waals surface area contributed by atoms with Crippen LogP contribution in [0.15, 0.2) is 36.7 Å². The Morgan fingerprint density at radius 3 is 2.62 bits per heavy atom. The van der Waals surface area contributed by atoms with Crippen molar-refractivity contribution in [2.24, 2.45) is 7.05 Å². The third-order valence-corrected chi connectivity index (χ3v) is 5.15. The molecule has 6 nitrogen and oxygen atoms in total. The lowest BCUT2D eigenvalue weighted by Crippen LogP contribution is -2.37. The van der Waals surface area contributed by atoms with Crippen LogP contribution in [-0.2, 0) is 13.6 Å². The molecule has 0 spiro atoms. The standard InChI is InChI=1S/C20H28N4O2/c1-23-12-11-21-19(23)15-24(13-14-25)20(26)22-18-9-7-17(8-10-18)16-5-3-2-4-6-16/h7-12,16,25H,2-6,13-15H2,1H3,(H,22,26). The first kappa shape index (κ1) is 18.5. The Balaban J connectivity index is 1.62. The Morgan fingerprint density at radius 1 is 1.27 bits per heavy atom. The zero-order valence-corrected chi connectivity index (χ0v) is 15.4. The third kappa shape index (κ3) is 4.64. The van der Waals surface area contributed by atoms with Crippen LogP contribution in [0.5, 0.6) is 0 Å². The topological polar surface area (TPSA) is 70.4 Å². The van der Waals surface area contributed by atoms with Gasteiger partial charge in [-0.2, -0.15) is 0 Å². The van der Waals surface area contributed by atoms with Crippen LogP contribution in [0.2, 0.25) is 0 Å². The monoisotopic (exact) mass is 356 g/mol. The van der Waals surface area contributed by atoms with E-state index in [0.717, 1.165) is 11.5 Å². The van der Waals surface area contributed by atoms with E-state index in [1.54, 1.807) is 11.1 Å². The maximum absolute atomic E-state index is 12.6. The number of hydrogen-bond acceptors (Lipinski definition) is 3. The second-order valence-electron chi connectivity index (χ2n) is 6.99. The van der Waals surface area contributed by atoms with Gasteiger partial charge in [0.1, 0.15) is 5.82 Å². The van der Waals surface area contributed by atoms with Gasteiger partial charge in [0.05, 0.1) is 13.2 Å². The smallest absolute Gasteiger partial charge is 0.322 e. The maximum Gasteiger partial charge on any atom is 0.322 e. The van der Waals surface area contributed by atoms with Gasteiger partial charge < -0.3 is 19.9 Å². The van der Waals surface area contributed by atoms with Crippen molar-refractivity contribution in [1.29, 1.82) is 0 Å². The molecule has 2 N–H and O–H groups in total. The summed E-state index contributed by atoms with van der Waals surface area (Å²) in [6.07, 6.45) is 10.0. The number of carbonyl (C=O) groups is 1. The molecule has 1 aliphatic rings. The van der Waals surface area contributed by atoms with Gasteiger partial charge in [0.2, 0.25) is 0 Å². The lowest BCUT2D eigenvalue weighted by molar-refractivity contribution is 0.183. The molecule has 1 saturated carbocycles. The number of carbonyl (C=O) groups excluding carboxylic acids is 1. The summed E-state index contributed by atoms with van der Waals surface area (Å²) < 4.78 is 1.87. The molecule has 1 aliphatic carbocycles. The second kappa shape index (κ2) is 8.85. The van der Waals surface area contributed by atoms with Crippen LogP contribution in [0.1, 0.15) is 49.4 Å². The van der Waals surface area contributed by atoms with Gasteiger partial charge in [0.25, 0.3) is 0 Å². The van der Waals surface area contributed by atoms with E-state index in [4.69, 9.17) is 0 Å². The number of imidazole rings is 1. The lowest BCUT2D eigenvalue weighted by atomic mass is 9.84. The zero-order valence-electron chi connectivity index (χ0n) is 15.4. The van der Waals surface area contributed by atoms with Crippen molar-refractivity contribution >= 4 is 11.7 Å². The zero-order chi connectivity index (χ0) is 18.4. The van der Waals surface area contributed by atoms with Gasteiger partial charge in [-0.3, -0.25) is 0 Å². The van der Waals surface area contributed by atoms with E-state index in [9.17, 15) is 9.90 Å². The second-order valence-corrected chi connectivity index (χ2v) is 6.99. The molecule has 26 heavy (non-hydrogen) atoms. The largest absolute Gasteiger partial charge is 0.395 e. The number of amides is 2. The molecule has 1 aromatic heterocycles. The van der Waals surface area contributed by atoms with E-state index in [1.807, 2.05) is 29.9 Å². The molecule has 0 radical (unpaired) electrons.